The Kier molecular flexibility index (Phi) is 7.49. The molecule has 17 heavy (non-hydrogen) atoms. The lowest BCUT2D eigenvalue weighted by Crippen LogP contribution is -2.43. The zero-order chi connectivity index (χ0) is 13.5. The van der Waals surface area contributed by atoms with E-state index < -0.39 is 23.7 Å². The lowest BCUT2D eigenvalue weighted by molar-refractivity contribution is -0.139. The Bertz CT molecular complexity index is 263. The van der Waals surface area contributed by atoms with Crippen LogP contribution in [0, 0.1) is 0 Å². The molecule has 1 amide bonds. The molecule has 5 nitrogen and oxygen atoms in total. The number of alkyl halides is 1. The molecule has 0 heterocycles. The molecule has 1 atom stereocenters. The molecule has 0 spiro atoms. The van der Waals surface area contributed by atoms with E-state index in [1.807, 2.05) is 0 Å². The SMILES string of the molecule is CC(C)(C)OC(=O)NC(CCCCI)C(=O)O. The highest BCUT2D eigenvalue weighted by Crippen LogP contribution is 2.08. The van der Waals surface area contributed by atoms with Crippen LogP contribution in [-0.4, -0.2) is 33.2 Å². The molecule has 0 aromatic rings. The first-order valence-corrected chi connectivity index (χ1v) is 7.07. The van der Waals surface area contributed by atoms with E-state index in [4.69, 9.17) is 9.84 Å². The van der Waals surface area contributed by atoms with Gasteiger partial charge in [0.15, 0.2) is 0 Å². The summed E-state index contributed by atoms with van der Waals surface area (Å²) >= 11 is 2.24. The highest BCUT2D eigenvalue weighted by atomic mass is 127. The number of carbonyl (C=O) groups excluding carboxylic acids is 1. The van der Waals surface area contributed by atoms with Gasteiger partial charge in [0.05, 0.1) is 0 Å². The first-order chi connectivity index (χ1) is 7.76. The van der Waals surface area contributed by atoms with E-state index in [-0.39, 0.29) is 0 Å². The summed E-state index contributed by atoms with van der Waals surface area (Å²) in [6, 6.07) is -0.868. The average Bonchev–Trinajstić information content (AvgIpc) is 2.13. The van der Waals surface area contributed by atoms with Crippen molar-refractivity contribution in [1.29, 1.82) is 0 Å². The fourth-order valence-electron chi connectivity index (χ4n) is 1.15. The number of halogens is 1. The van der Waals surface area contributed by atoms with Crippen molar-refractivity contribution in [2.24, 2.45) is 0 Å². The molecular formula is C11H20INO4. The van der Waals surface area contributed by atoms with Crippen LogP contribution in [0.15, 0.2) is 0 Å². The Morgan fingerprint density at radius 2 is 1.94 bits per heavy atom. The van der Waals surface area contributed by atoms with Crippen molar-refractivity contribution in [2.45, 2.75) is 51.7 Å². The second-order valence-corrected chi connectivity index (χ2v) is 5.80. The number of ether oxygens (including phenoxy) is 1. The lowest BCUT2D eigenvalue weighted by Gasteiger charge is -2.21. The van der Waals surface area contributed by atoms with Crippen molar-refractivity contribution in [1.82, 2.24) is 5.32 Å². The fraction of sp³-hybridized carbons (Fsp3) is 0.818. The number of hydrogen-bond donors (Lipinski definition) is 2. The molecule has 0 rings (SSSR count). The number of carbonyl (C=O) groups is 2. The van der Waals surface area contributed by atoms with Crippen LogP contribution < -0.4 is 5.32 Å². The highest BCUT2D eigenvalue weighted by Gasteiger charge is 2.23. The third-order valence-corrected chi connectivity index (χ3v) is 2.63. The van der Waals surface area contributed by atoms with Crippen molar-refractivity contribution in [3.05, 3.63) is 0 Å². The molecule has 0 aliphatic heterocycles. The maximum Gasteiger partial charge on any atom is 0.408 e. The second kappa shape index (κ2) is 7.73. The van der Waals surface area contributed by atoms with Crippen molar-refractivity contribution in [3.8, 4) is 0 Å². The molecule has 0 saturated carbocycles. The van der Waals surface area contributed by atoms with E-state index in [0.29, 0.717) is 6.42 Å². The van der Waals surface area contributed by atoms with Gasteiger partial charge in [-0.2, -0.15) is 0 Å². The molecule has 0 aliphatic carbocycles. The topological polar surface area (TPSA) is 75.6 Å². The molecule has 0 aromatic carbocycles. The van der Waals surface area contributed by atoms with Crippen LogP contribution >= 0.6 is 22.6 Å². The third kappa shape index (κ3) is 9.20. The molecule has 1 unspecified atom stereocenters. The quantitative estimate of drug-likeness (QED) is 0.435. The van der Waals surface area contributed by atoms with Gasteiger partial charge >= 0.3 is 12.1 Å². The second-order valence-electron chi connectivity index (χ2n) is 4.72. The minimum Gasteiger partial charge on any atom is -0.480 e. The average molecular weight is 357 g/mol. The van der Waals surface area contributed by atoms with Crippen LogP contribution in [0.5, 0.6) is 0 Å². The first kappa shape index (κ1) is 16.5. The predicted molar refractivity (Wildman–Crippen MR) is 73.5 cm³/mol. The largest absolute Gasteiger partial charge is 0.480 e. The van der Waals surface area contributed by atoms with Gasteiger partial charge in [-0.05, 0) is 38.0 Å². The fourth-order valence-corrected chi connectivity index (χ4v) is 1.69. The van der Waals surface area contributed by atoms with Gasteiger partial charge in [-0.3, -0.25) is 0 Å². The third-order valence-electron chi connectivity index (χ3n) is 1.87. The zero-order valence-electron chi connectivity index (χ0n) is 10.5. The van der Waals surface area contributed by atoms with Crippen molar-refractivity contribution in [3.63, 3.8) is 0 Å². The van der Waals surface area contributed by atoms with E-state index in [2.05, 4.69) is 27.9 Å². The Hall–Kier alpha value is -0.530. The summed E-state index contributed by atoms with van der Waals surface area (Å²) in [6.45, 7) is 5.20. The normalized spacial score (nSPS) is 12.9. The number of nitrogens with one attached hydrogen (secondary N) is 1. The lowest BCUT2D eigenvalue weighted by atomic mass is 10.1. The van der Waals surface area contributed by atoms with E-state index >= 15 is 0 Å². The molecular weight excluding hydrogens is 337 g/mol. The monoisotopic (exact) mass is 357 g/mol. The van der Waals surface area contributed by atoms with E-state index in [1.165, 1.54) is 0 Å². The van der Waals surface area contributed by atoms with Crippen molar-refractivity contribution >= 4 is 34.7 Å². The Morgan fingerprint density at radius 3 is 2.35 bits per heavy atom. The van der Waals surface area contributed by atoms with Gasteiger partial charge in [0.25, 0.3) is 0 Å². The number of carboxylic acid groups (broad SMARTS) is 1. The maximum atomic E-state index is 11.4. The highest BCUT2D eigenvalue weighted by molar-refractivity contribution is 14.1. The molecule has 0 saturated heterocycles. The molecule has 0 bridgehead atoms. The predicted octanol–water partition coefficient (Wildman–Crippen LogP) is 2.57. The molecule has 0 aromatic heterocycles. The number of hydrogen-bond acceptors (Lipinski definition) is 3. The molecule has 2 N–H and O–H groups in total. The van der Waals surface area contributed by atoms with Gasteiger partial charge < -0.3 is 15.2 Å². The summed E-state index contributed by atoms with van der Waals surface area (Å²) in [5.74, 6) is -1.02. The van der Waals surface area contributed by atoms with Gasteiger partial charge in [-0.1, -0.05) is 29.0 Å². The zero-order valence-corrected chi connectivity index (χ0v) is 12.6. The van der Waals surface area contributed by atoms with Gasteiger partial charge in [-0.25, -0.2) is 9.59 Å². The number of aliphatic carboxylic acids is 1. The summed E-state index contributed by atoms with van der Waals surface area (Å²) < 4.78 is 5.99. The van der Waals surface area contributed by atoms with Gasteiger partial charge in [0.1, 0.15) is 11.6 Å². The number of rotatable bonds is 6. The van der Waals surface area contributed by atoms with Crippen LogP contribution in [0.3, 0.4) is 0 Å². The number of amides is 1. The minimum absolute atomic E-state index is 0.428. The molecule has 6 heteroatoms. The Morgan fingerprint density at radius 1 is 1.35 bits per heavy atom. The van der Waals surface area contributed by atoms with E-state index in [0.717, 1.165) is 17.3 Å². The summed E-state index contributed by atoms with van der Waals surface area (Å²) in [4.78, 5) is 22.3. The van der Waals surface area contributed by atoms with Crippen molar-refractivity contribution < 1.29 is 19.4 Å². The van der Waals surface area contributed by atoms with Crippen molar-refractivity contribution in [2.75, 3.05) is 4.43 Å². The Labute approximate surface area is 115 Å². The van der Waals surface area contributed by atoms with Crippen LogP contribution in [0.25, 0.3) is 0 Å². The molecule has 0 aliphatic rings. The van der Waals surface area contributed by atoms with Gasteiger partial charge in [-0.15, -0.1) is 0 Å². The number of alkyl carbamates (subject to hydrolysis) is 1. The minimum atomic E-state index is -1.02. The first-order valence-electron chi connectivity index (χ1n) is 5.54. The standard InChI is InChI=1S/C11H20INO4/c1-11(2,3)17-10(16)13-8(9(14)15)6-4-5-7-12/h8H,4-7H2,1-3H3,(H,13,16)(H,14,15). The summed E-state index contributed by atoms with van der Waals surface area (Å²) in [7, 11) is 0. The smallest absolute Gasteiger partial charge is 0.408 e. The maximum absolute atomic E-state index is 11.4. The van der Waals surface area contributed by atoms with Crippen LogP contribution in [0.4, 0.5) is 4.79 Å². The van der Waals surface area contributed by atoms with Crippen LogP contribution in [0.2, 0.25) is 0 Å². The van der Waals surface area contributed by atoms with Crippen LogP contribution in [-0.2, 0) is 9.53 Å². The van der Waals surface area contributed by atoms with Gasteiger partial charge in [0.2, 0.25) is 0 Å². The van der Waals surface area contributed by atoms with E-state index in [1.54, 1.807) is 20.8 Å². The number of carboxylic acids is 1. The molecule has 0 radical (unpaired) electrons. The molecule has 100 valence electrons. The van der Waals surface area contributed by atoms with Gasteiger partial charge in [0, 0.05) is 0 Å². The summed E-state index contributed by atoms with van der Waals surface area (Å²) in [5.41, 5.74) is -0.616. The number of unbranched alkanes of at least 4 members (excludes halogenated alkanes) is 1. The molecule has 0 fully saturated rings. The summed E-state index contributed by atoms with van der Waals surface area (Å²) in [5, 5.41) is 11.3. The summed E-state index contributed by atoms with van der Waals surface area (Å²) in [6.07, 6.45) is 1.47. The van der Waals surface area contributed by atoms with E-state index in [9.17, 15) is 9.59 Å². The Balaban J connectivity index is 4.16. The van der Waals surface area contributed by atoms with Crippen LogP contribution in [0.1, 0.15) is 40.0 Å².